The normalized spacial score (nSPS) is 22.9. The molecule has 1 fully saturated rings. The van der Waals surface area contributed by atoms with E-state index in [-0.39, 0.29) is 18.1 Å². The minimum absolute atomic E-state index is 0.118. The predicted molar refractivity (Wildman–Crippen MR) is 80.1 cm³/mol. The third kappa shape index (κ3) is 6.23. The molecule has 1 heterocycles. The number of hydrogen-bond donors (Lipinski definition) is 1. The molecule has 1 saturated heterocycles. The molecule has 0 aromatic heterocycles. The van der Waals surface area contributed by atoms with Gasteiger partial charge in [-0.25, -0.2) is 9.59 Å². The predicted octanol–water partition coefficient (Wildman–Crippen LogP) is 2.77. The topological polar surface area (TPSA) is 67.9 Å². The van der Waals surface area contributed by atoms with Crippen molar-refractivity contribution in [2.45, 2.75) is 65.7 Å². The molecule has 0 spiro atoms. The lowest BCUT2D eigenvalue weighted by molar-refractivity contribution is 0.0280. The highest BCUT2D eigenvalue weighted by atomic mass is 16.6. The van der Waals surface area contributed by atoms with Gasteiger partial charge in [-0.3, -0.25) is 0 Å². The first kappa shape index (κ1) is 17.6. The van der Waals surface area contributed by atoms with Gasteiger partial charge in [0, 0.05) is 13.1 Å². The van der Waals surface area contributed by atoms with Crippen molar-refractivity contribution in [2.24, 2.45) is 5.92 Å². The van der Waals surface area contributed by atoms with Crippen molar-refractivity contribution in [1.82, 2.24) is 10.2 Å². The molecule has 1 aliphatic heterocycles. The summed E-state index contributed by atoms with van der Waals surface area (Å²) in [7, 11) is 0. The van der Waals surface area contributed by atoms with Crippen molar-refractivity contribution < 1.29 is 19.1 Å². The van der Waals surface area contributed by atoms with Crippen molar-refractivity contribution >= 4 is 12.2 Å². The minimum atomic E-state index is -0.531. The van der Waals surface area contributed by atoms with Crippen LogP contribution in [0.4, 0.5) is 9.59 Å². The molecule has 0 radical (unpaired) electrons. The summed E-state index contributed by atoms with van der Waals surface area (Å²) < 4.78 is 10.6. The van der Waals surface area contributed by atoms with Gasteiger partial charge in [0.15, 0.2) is 0 Å². The summed E-state index contributed by atoms with van der Waals surface area (Å²) in [5.41, 5.74) is -1.05. The van der Waals surface area contributed by atoms with Crippen molar-refractivity contribution in [2.75, 3.05) is 13.1 Å². The van der Waals surface area contributed by atoms with Crippen LogP contribution in [0.3, 0.4) is 0 Å². The average molecular weight is 300 g/mol. The molecule has 0 aromatic rings. The maximum atomic E-state index is 12.0. The fraction of sp³-hybridized carbons (Fsp3) is 0.867. The molecule has 0 bridgehead atoms. The van der Waals surface area contributed by atoms with Crippen LogP contribution in [0.2, 0.25) is 0 Å². The standard InChI is InChI=1S/C15H28N2O4/c1-10-8-17(13(19)21-15(5,6)7)9-11(10)16-12(18)20-14(2,3)4/h10-11H,8-9H2,1-7H3,(H,16,18)/t10-,11-/m0/s1. The summed E-state index contributed by atoms with van der Waals surface area (Å²) in [6, 6.07) is -0.118. The molecule has 1 aliphatic rings. The second-order valence-electron chi connectivity index (χ2n) is 7.62. The Labute approximate surface area is 127 Å². The van der Waals surface area contributed by atoms with Gasteiger partial charge >= 0.3 is 12.2 Å². The first-order chi connectivity index (χ1) is 9.37. The van der Waals surface area contributed by atoms with Crippen LogP contribution in [0.25, 0.3) is 0 Å². The molecule has 21 heavy (non-hydrogen) atoms. The van der Waals surface area contributed by atoms with Crippen LogP contribution in [0.1, 0.15) is 48.5 Å². The Balaban J connectivity index is 2.53. The Kier molecular flexibility index (Phi) is 5.12. The summed E-state index contributed by atoms with van der Waals surface area (Å²) in [6.07, 6.45) is -0.798. The Bertz CT molecular complexity index is 395. The number of amides is 2. The Hall–Kier alpha value is -1.46. The third-order valence-corrected chi connectivity index (χ3v) is 2.97. The number of likely N-dealkylation sites (tertiary alicyclic amines) is 1. The van der Waals surface area contributed by atoms with Crippen molar-refractivity contribution in [3.05, 3.63) is 0 Å². The highest BCUT2D eigenvalue weighted by Gasteiger charge is 2.36. The van der Waals surface area contributed by atoms with Gasteiger partial charge < -0.3 is 19.7 Å². The van der Waals surface area contributed by atoms with Gasteiger partial charge in [0.05, 0.1) is 6.04 Å². The summed E-state index contributed by atoms with van der Waals surface area (Å²) in [6.45, 7) is 14.0. The van der Waals surface area contributed by atoms with Crippen LogP contribution in [-0.2, 0) is 9.47 Å². The smallest absolute Gasteiger partial charge is 0.410 e. The number of nitrogens with one attached hydrogen (secondary N) is 1. The lowest BCUT2D eigenvalue weighted by Gasteiger charge is -2.25. The van der Waals surface area contributed by atoms with Gasteiger partial charge in [-0.2, -0.15) is 0 Å². The first-order valence-electron chi connectivity index (χ1n) is 7.35. The lowest BCUT2D eigenvalue weighted by Crippen LogP contribution is -2.43. The Morgan fingerprint density at radius 1 is 1.00 bits per heavy atom. The summed E-state index contributed by atoms with van der Waals surface area (Å²) in [5, 5.41) is 2.82. The fourth-order valence-electron chi connectivity index (χ4n) is 2.09. The Morgan fingerprint density at radius 3 is 2.00 bits per heavy atom. The zero-order valence-electron chi connectivity index (χ0n) is 14.1. The van der Waals surface area contributed by atoms with Crippen LogP contribution in [0, 0.1) is 5.92 Å². The van der Waals surface area contributed by atoms with E-state index in [1.165, 1.54) is 0 Å². The molecular weight excluding hydrogens is 272 g/mol. The van der Waals surface area contributed by atoms with E-state index in [0.717, 1.165) is 0 Å². The van der Waals surface area contributed by atoms with Gasteiger partial charge in [0.1, 0.15) is 11.2 Å². The van der Waals surface area contributed by atoms with Crippen LogP contribution >= 0.6 is 0 Å². The molecule has 0 unspecified atom stereocenters. The third-order valence-electron chi connectivity index (χ3n) is 2.97. The fourth-order valence-corrected chi connectivity index (χ4v) is 2.09. The highest BCUT2D eigenvalue weighted by Crippen LogP contribution is 2.20. The summed E-state index contributed by atoms with van der Waals surface area (Å²) in [5.74, 6) is 0.157. The number of rotatable bonds is 1. The van der Waals surface area contributed by atoms with Crippen molar-refractivity contribution in [3.8, 4) is 0 Å². The van der Waals surface area contributed by atoms with E-state index < -0.39 is 17.3 Å². The van der Waals surface area contributed by atoms with E-state index in [1.807, 2.05) is 48.5 Å². The van der Waals surface area contributed by atoms with Crippen LogP contribution in [0.5, 0.6) is 0 Å². The number of carbonyl (C=O) groups excluding carboxylic acids is 2. The molecule has 1 N–H and O–H groups in total. The van der Waals surface area contributed by atoms with Crippen LogP contribution in [-0.4, -0.2) is 47.4 Å². The average Bonchev–Trinajstić information content (AvgIpc) is 2.54. The molecule has 2 atom stereocenters. The summed E-state index contributed by atoms with van der Waals surface area (Å²) >= 11 is 0. The van der Waals surface area contributed by atoms with E-state index >= 15 is 0 Å². The van der Waals surface area contributed by atoms with Crippen LogP contribution in [0.15, 0.2) is 0 Å². The molecule has 6 nitrogen and oxygen atoms in total. The highest BCUT2D eigenvalue weighted by molar-refractivity contribution is 5.70. The van der Waals surface area contributed by atoms with Crippen molar-refractivity contribution in [3.63, 3.8) is 0 Å². The molecule has 0 aliphatic carbocycles. The number of carbonyl (C=O) groups is 2. The zero-order valence-corrected chi connectivity index (χ0v) is 14.1. The number of ether oxygens (including phenoxy) is 2. The van der Waals surface area contributed by atoms with E-state index in [0.29, 0.717) is 13.1 Å². The van der Waals surface area contributed by atoms with Gasteiger partial charge in [-0.1, -0.05) is 6.92 Å². The van der Waals surface area contributed by atoms with E-state index in [4.69, 9.17) is 9.47 Å². The molecule has 0 saturated carbocycles. The van der Waals surface area contributed by atoms with Gasteiger partial charge in [0.2, 0.25) is 0 Å². The van der Waals surface area contributed by atoms with Gasteiger partial charge in [-0.05, 0) is 47.5 Å². The van der Waals surface area contributed by atoms with Gasteiger partial charge in [-0.15, -0.1) is 0 Å². The quantitative estimate of drug-likeness (QED) is 0.808. The lowest BCUT2D eigenvalue weighted by atomic mass is 10.1. The van der Waals surface area contributed by atoms with E-state index in [1.54, 1.807) is 4.90 Å². The largest absolute Gasteiger partial charge is 0.444 e. The Morgan fingerprint density at radius 2 is 1.52 bits per heavy atom. The maximum Gasteiger partial charge on any atom is 0.410 e. The molecule has 1 rings (SSSR count). The molecule has 2 amide bonds. The van der Waals surface area contributed by atoms with E-state index in [9.17, 15) is 9.59 Å². The maximum absolute atomic E-state index is 12.0. The van der Waals surface area contributed by atoms with Crippen LogP contribution < -0.4 is 5.32 Å². The molecule has 122 valence electrons. The first-order valence-corrected chi connectivity index (χ1v) is 7.35. The van der Waals surface area contributed by atoms with E-state index in [2.05, 4.69) is 5.32 Å². The summed E-state index contributed by atoms with van der Waals surface area (Å²) in [4.78, 5) is 25.4. The molecule has 6 heteroatoms. The number of nitrogens with zero attached hydrogens (tertiary/aromatic N) is 1. The second kappa shape index (κ2) is 6.12. The zero-order chi connectivity index (χ0) is 16.4. The number of alkyl carbamates (subject to hydrolysis) is 1. The van der Waals surface area contributed by atoms with Crippen molar-refractivity contribution in [1.29, 1.82) is 0 Å². The monoisotopic (exact) mass is 300 g/mol. The minimum Gasteiger partial charge on any atom is -0.444 e. The van der Waals surface area contributed by atoms with Gasteiger partial charge in [0.25, 0.3) is 0 Å². The second-order valence-corrected chi connectivity index (χ2v) is 7.62. The SMILES string of the molecule is C[C@H]1CN(C(=O)OC(C)(C)C)C[C@@H]1NC(=O)OC(C)(C)C. The molecular formula is C15H28N2O4. The molecule has 0 aromatic carbocycles. The number of hydrogen-bond acceptors (Lipinski definition) is 4.